The summed E-state index contributed by atoms with van der Waals surface area (Å²) >= 11 is 0. The quantitative estimate of drug-likeness (QED) is 0.412. The number of rotatable bonds is 6. The highest BCUT2D eigenvalue weighted by Gasteiger charge is 2.46. The maximum atomic E-state index is 13.1. The number of Topliss-reactive ketones (excluding diaryl/α,β-unsaturated/α-hetero) is 1. The number of likely N-dealkylation sites (tertiary alicyclic amines) is 1. The lowest BCUT2D eigenvalue weighted by Crippen LogP contribution is -2.35. The first kappa shape index (κ1) is 22.9. The maximum Gasteiger partial charge on any atom is 0.295 e. The lowest BCUT2D eigenvalue weighted by Gasteiger charge is -2.27. The smallest absolute Gasteiger partial charge is 0.295 e. The average Bonchev–Trinajstić information content (AvgIpc) is 3.06. The first-order valence-electron chi connectivity index (χ1n) is 11.2. The van der Waals surface area contributed by atoms with Gasteiger partial charge in [0.15, 0.2) is 11.5 Å². The van der Waals surface area contributed by atoms with Crippen molar-refractivity contribution >= 4 is 17.4 Å². The Bertz CT molecular complexity index is 1090. The summed E-state index contributed by atoms with van der Waals surface area (Å²) in [6, 6.07) is 12.3. The van der Waals surface area contributed by atoms with Crippen LogP contribution in [0.3, 0.4) is 0 Å². The molecule has 2 aliphatic heterocycles. The molecule has 2 heterocycles. The Hall–Kier alpha value is -3.32. The second-order valence-electron chi connectivity index (χ2n) is 8.98. The van der Waals surface area contributed by atoms with Crippen LogP contribution < -0.4 is 9.47 Å². The Kier molecular flexibility index (Phi) is 6.42. The van der Waals surface area contributed by atoms with E-state index < -0.39 is 17.7 Å². The van der Waals surface area contributed by atoms with Crippen LogP contribution in [0.25, 0.3) is 5.76 Å². The molecule has 0 radical (unpaired) electrons. The summed E-state index contributed by atoms with van der Waals surface area (Å²) in [5.41, 5.74) is 2.45. The van der Waals surface area contributed by atoms with Crippen LogP contribution in [-0.2, 0) is 9.59 Å². The molecule has 2 aromatic rings. The molecule has 174 valence electrons. The zero-order valence-corrected chi connectivity index (χ0v) is 19.5. The predicted molar refractivity (Wildman–Crippen MR) is 126 cm³/mol. The van der Waals surface area contributed by atoms with Crippen LogP contribution >= 0.6 is 0 Å². The molecule has 7 heteroatoms. The Labute approximate surface area is 194 Å². The maximum absolute atomic E-state index is 13.1. The molecule has 1 saturated heterocycles. The minimum absolute atomic E-state index is 0.0905. The van der Waals surface area contributed by atoms with Gasteiger partial charge in [-0.15, -0.1) is 0 Å². The molecule has 1 N–H and O–H groups in total. The highest BCUT2D eigenvalue weighted by atomic mass is 16.6. The van der Waals surface area contributed by atoms with Crippen LogP contribution in [0.4, 0.5) is 0 Å². The molecular weight excluding hydrogens is 420 g/mol. The van der Waals surface area contributed by atoms with Gasteiger partial charge in [0, 0.05) is 18.7 Å². The number of fused-ring (bicyclic) bond motifs is 1. The van der Waals surface area contributed by atoms with Gasteiger partial charge in [-0.3, -0.25) is 9.59 Å². The summed E-state index contributed by atoms with van der Waals surface area (Å²) in [4.78, 5) is 29.7. The molecule has 1 atom stereocenters. The van der Waals surface area contributed by atoms with Crippen molar-refractivity contribution < 1.29 is 24.2 Å². The molecule has 0 bridgehead atoms. The lowest BCUT2D eigenvalue weighted by atomic mass is 9.93. The number of aliphatic hydroxyl groups is 1. The molecule has 0 saturated carbocycles. The Morgan fingerprint density at radius 1 is 1.06 bits per heavy atom. The topological polar surface area (TPSA) is 79.3 Å². The van der Waals surface area contributed by atoms with Crippen molar-refractivity contribution in [3.8, 4) is 11.5 Å². The third-order valence-corrected chi connectivity index (χ3v) is 6.06. The number of aliphatic hydroxyl groups excluding tert-OH is 1. The summed E-state index contributed by atoms with van der Waals surface area (Å²) in [7, 11) is 3.83. The largest absolute Gasteiger partial charge is 0.507 e. The van der Waals surface area contributed by atoms with Crippen molar-refractivity contribution in [1.82, 2.24) is 9.80 Å². The fourth-order valence-electron chi connectivity index (χ4n) is 4.17. The number of ether oxygens (including phenoxy) is 2. The van der Waals surface area contributed by atoms with Crippen molar-refractivity contribution in [1.29, 1.82) is 0 Å². The van der Waals surface area contributed by atoms with Gasteiger partial charge in [-0.1, -0.05) is 38.1 Å². The molecule has 2 aromatic carbocycles. The molecule has 0 unspecified atom stereocenters. The number of ketones is 1. The molecule has 4 rings (SSSR count). The van der Waals surface area contributed by atoms with Gasteiger partial charge in [-0.2, -0.15) is 0 Å². The van der Waals surface area contributed by atoms with Crippen LogP contribution in [0.5, 0.6) is 11.5 Å². The minimum Gasteiger partial charge on any atom is -0.507 e. The standard InChI is InChI=1S/C26H30N2O5/c1-16(2)17-5-7-18(8-6-17)23-22(25(30)26(31)28(23)12-11-27(3)4)24(29)19-9-10-20-21(15-19)33-14-13-32-20/h5-10,15-16,23,29H,11-14H2,1-4H3/b24-22+/t23-/m0/s1. The number of benzene rings is 2. The first-order valence-corrected chi connectivity index (χ1v) is 11.2. The molecule has 1 fully saturated rings. The summed E-state index contributed by atoms with van der Waals surface area (Å²) in [5, 5.41) is 11.3. The van der Waals surface area contributed by atoms with Crippen molar-refractivity contribution in [2.75, 3.05) is 40.4 Å². The van der Waals surface area contributed by atoms with Gasteiger partial charge in [-0.25, -0.2) is 0 Å². The number of carbonyl (C=O) groups excluding carboxylic acids is 2. The molecule has 0 aliphatic carbocycles. The zero-order chi connectivity index (χ0) is 23.7. The summed E-state index contributed by atoms with van der Waals surface area (Å²) in [5.74, 6) is -0.0459. The third kappa shape index (κ3) is 4.46. The fourth-order valence-corrected chi connectivity index (χ4v) is 4.17. The van der Waals surface area contributed by atoms with E-state index >= 15 is 0 Å². The number of amides is 1. The third-order valence-electron chi connectivity index (χ3n) is 6.06. The molecule has 1 amide bonds. The van der Waals surface area contributed by atoms with Crippen LogP contribution in [-0.4, -0.2) is 67.0 Å². The van der Waals surface area contributed by atoms with E-state index in [1.165, 1.54) is 0 Å². The number of hydrogen-bond donors (Lipinski definition) is 1. The number of likely N-dealkylation sites (N-methyl/N-ethyl adjacent to an activating group) is 1. The van der Waals surface area contributed by atoms with Crippen LogP contribution in [0.15, 0.2) is 48.0 Å². The Balaban J connectivity index is 1.81. The molecule has 0 spiro atoms. The van der Waals surface area contributed by atoms with E-state index in [0.717, 1.165) is 11.1 Å². The van der Waals surface area contributed by atoms with E-state index in [9.17, 15) is 14.7 Å². The molecule has 2 aliphatic rings. The molecule has 0 aromatic heterocycles. The van der Waals surface area contributed by atoms with E-state index in [4.69, 9.17) is 9.47 Å². The van der Waals surface area contributed by atoms with Crippen LogP contribution in [0, 0.1) is 0 Å². The van der Waals surface area contributed by atoms with Gasteiger partial charge in [-0.05, 0) is 49.3 Å². The van der Waals surface area contributed by atoms with Crippen molar-refractivity contribution in [3.05, 3.63) is 64.7 Å². The monoisotopic (exact) mass is 450 g/mol. The van der Waals surface area contributed by atoms with E-state index in [0.29, 0.717) is 49.3 Å². The first-order chi connectivity index (χ1) is 15.8. The van der Waals surface area contributed by atoms with Crippen molar-refractivity contribution in [3.63, 3.8) is 0 Å². The van der Waals surface area contributed by atoms with Gasteiger partial charge < -0.3 is 24.4 Å². The number of carbonyl (C=O) groups is 2. The van der Waals surface area contributed by atoms with Crippen LogP contribution in [0.1, 0.15) is 42.5 Å². The molecular formula is C26H30N2O5. The number of nitrogens with zero attached hydrogens (tertiary/aromatic N) is 2. The molecule has 33 heavy (non-hydrogen) atoms. The van der Waals surface area contributed by atoms with Gasteiger partial charge in [0.2, 0.25) is 0 Å². The van der Waals surface area contributed by atoms with Gasteiger partial charge >= 0.3 is 0 Å². The fraction of sp³-hybridized carbons (Fsp3) is 0.385. The van der Waals surface area contributed by atoms with E-state index in [-0.39, 0.29) is 11.3 Å². The van der Waals surface area contributed by atoms with E-state index in [2.05, 4.69) is 13.8 Å². The Morgan fingerprint density at radius 3 is 2.36 bits per heavy atom. The van der Waals surface area contributed by atoms with Gasteiger partial charge in [0.25, 0.3) is 11.7 Å². The molecule has 7 nitrogen and oxygen atoms in total. The van der Waals surface area contributed by atoms with Gasteiger partial charge in [0.1, 0.15) is 19.0 Å². The second kappa shape index (κ2) is 9.27. The number of hydrogen-bond acceptors (Lipinski definition) is 6. The normalized spacial score (nSPS) is 19.6. The SMILES string of the molecule is CC(C)c1ccc([C@H]2/C(=C(\O)c3ccc4c(c3)OCCO4)C(=O)C(=O)N2CCN(C)C)cc1. The average molecular weight is 451 g/mol. The lowest BCUT2D eigenvalue weighted by molar-refractivity contribution is -0.140. The van der Waals surface area contributed by atoms with Crippen molar-refractivity contribution in [2.45, 2.75) is 25.8 Å². The van der Waals surface area contributed by atoms with Gasteiger partial charge in [0.05, 0.1) is 11.6 Å². The van der Waals surface area contributed by atoms with Crippen molar-refractivity contribution in [2.24, 2.45) is 0 Å². The Morgan fingerprint density at radius 2 is 1.73 bits per heavy atom. The second-order valence-corrected chi connectivity index (χ2v) is 8.98. The van der Waals surface area contributed by atoms with E-state index in [1.54, 1.807) is 23.1 Å². The highest BCUT2D eigenvalue weighted by molar-refractivity contribution is 6.46. The van der Waals surface area contributed by atoms with Crippen LogP contribution in [0.2, 0.25) is 0 Å². The minimum atomic E-state index is -0.681. The highest BCUT2D eigenvalue weighted by Crippen LogP contribution is 2.41. The summed E-state index contributed by atoms with van der Waals surface area (Å²) < 4.78 is 11.2. The summed E-state index contributed by atoms with van der Waals surface area (Å²) in [6.07, 6.45) is 0. The predicted octanol–water partition coefficient (Wildman–Crippen LogP) is 3.56. The van der Waals surface area contributed by atoms with E-state index in [1.807, 2.05) is 43.3 Å². The zero-order valence-electron chi connectivity index (χ0n) is 19.5. The summed E-state index contributed by atoms with van der Waals surface area (Å²) in [6.45, 7) is 6.06.